The molecule has 0 bridgehead atoms. The Labute approximate surface area is 129 Å². The van der Waals surface area contributed by atoms with E-state index in [0.717, 1.165) is 32.1 Å². The fourth-order valence-electron chi connectivity index (χ4n) is 2.13. The van der Waals surface area contributed by atoms with Gasteiger partial charge in [0.05, 0.1) is 16.1 Å². The lowest BCUT2D eigenvalue weighted by molar-refractivity contribution is -0.384. The molecule has 22 heavy (non-hydrogen) atoms. The van der Waals surface area contributed by atoms with Crippen LogP contribution in [-0.2, 0) is 0 Å². The van der Waals surface area contributed by atoms with Crippen molar-refractivity contribution in [1.29, 1.82) is 10.5 Å². The minimum atomic E-state index is -0.547. The van der Waals surface area contributed by atoms with Crippen molar-refractivity contribution >= 4 is 11.4 Å². The maximum atomic E-state index is 11.1. The number of nitriles is 2. The number of nitro benzene ring substituents is 1. The van der Waals surface area contributed by atoms with Crippen LogP contribution in [0.15, 0.2) is 12.1 Å². The smallest absolute Gasteiger partial charge is 0.293 e. The zero-order valence-corrected chi connectivity index (χ0v) is 12.8. The van der Waals surface area contributed by atoms with Crippen LogP contribution in [0.25, 0.3) is 0 Å². The molecule has 0 amide bonds. The third-order valence-corrected chi connectivity index (χ3v) is 3.43. The summed E-state index contributed by atoms with van der Waals surface area (Å²) in [5.41, 5.74) is 0.251. The van der Waals surface area contributed by atoms with Gasteiger partial charge in [-0.1, -0.05) is 13.8 Å². The van der Waals surface area contributed by atoms with Gasteiger partial charge in [0.1, 0.15) is 17.8 Å². The monoisotopic (exact) mass is 301 g/mol. The van der Waals surface area contributed by atoms with Crippen LogP contribution in [0, 0.1) is 32.8 Å². The largest absolute Gasteiger partial charge is 0.379 e. The molecule has 0 unspecified atom stereocenters. The predicted molar refractivity (Wildman–Crippen MR) is 83.4 cm³/mol. The molecule has 1 N–H and O–H groups in total. The molecule has 0 aliphatic heterocycles. The molecule has 116 valence electrons. The number of hydrogen-bond acceptors (Lipinski definition) is 6. The van der Waals surface area contributed by atoms with Crippen molar-refractivity contribution in [3.63, 3.8) is 0 Å². The van der Waals surface area contributed by atoms with Gasteiger partial charge in [0.15, 0.2) is 0 Å². The van der Waals surface area contributed by atoms with E-state index in [-0.39, 0.29) is 22.5 Å². The fourth-order valence-corrected chi connectivity index (χ4v) is 2.13. The van der Waals surface area contributed by atoms with Crippen LogP contribution in [0.1, 0.15) is 31.4 Å². The van der Waals surface area contributed by atoms with Gasteiger partial charge in [-0.2, -0.15) is 10.5 Å². The summed E-state index contributed by atoms with van der Waals surface area (Å²) in [6, 6.07) is 6.20. The number of nitro groups is 1. The van der Waals surface area contributed by atoms with Crippen molar-refractivity contribution in [2.75, 3.05) is 31.5 Å². The molecule has 0 aliphatic carbocycles. The van der Waals surface area contributed by atoms with E-state index in [1.165, 1.54) is 6.07 Å². The normalized spacial score (nSPS) is 10.0. The zero-order chi connectivity index (χ0) is 16.5. The molecule has 0 radical (unpaired) electrons. The van der Waals surface area contributed by atoms with Crippen LogP contribution in [0.2, 0.25) is 0 Å². The van der Waals surface area contributed by atoms with E-state index in [0.29, 0.717) is 6.54 Å². The maximum absolute atomic E-state index is 11.1. The van der Waals surface area contributed by atoms with Crippen molar-refractivity contribution in [3.05, 3.63) is 33.4 Å². The Morgan fingerprint density at radius 1 is 1.23 bits per heavy atom. The Morgan fingerprint density at radius 2 is 1.82 bits per heavy atom. The standard InChI is InChI=1S/C15H19N5O2/c1-3-19(4-2)7-5-6-18-14-8-12(10-16)13(11-17)9-15(14)20(21)22/h8-9,18H,3-7H2,1-2H3. The highest BCUT2D eigenvalue weighted by Crippen LogP contribution is 2.28. The Kier molecular flexibility index (Phi) is 6.81. The van der Waals surface area contributed by atoms with Gasteiger partial charge in [-0.3, -0.25) is 10.1 Å². The quantitative estimate of drug-likeness (QED) is 0.449. The van der Waals surface area contributed by atoms with Gasteiger partial charge >= 0.3 is 0 Å². The fraction of sp³-hybridized carbons (Fsp3) is 0.467. The van der Waals surface area contributed by atoms with Crippen LogP contribution in [0.5, 0.6) is 0 Å². The summed E-state index contributed by atoms with van der Waals surface area (Å²) in [7, 11) is 0. The van der Waals surface area contributed by atoms with Crippen molar-refractivity contribution in [3.8, 4) is 12.1 Å². The van der Waals surface area contributed by atoms with Crippen molar-refractivity contribution < 1.29 is 4.92 Å². The van der Waals surface area contributed by atoms with Crippen LogP contribution in [0.3, 0.4) is 0 Å². The molecule has 0 spiro atoms. The second-order valence-electron chi connectivity index (χ2n) is 4.70. The lowest BCUT2D eigenvalue weighted by Gasteiger charge is -2.18. The highest BCUT2D eigenvalue weighted by atomic mass is 16.6. The maximum Gasteiger partial charge on any atom is 0.293 e. The van der Waals surface area contributed by atoms with Crippen LogP contribution >= 0.6 is 0 Å². The molecule has 1 aromatic rings. The average Bonchev–Trinajstić information content (AvgIpc) is 2.54. The van der Waals surface area contributed by atoms with Gasteiger partial charge in [0.2, 0.25) is 0 Å². The third kappa shape index (κ3) is 4.44. The van der Waals surface area contributed by atoms with Gasteiger partial charge < -0.3 is 10.2 Å². The predicted octanol–water partition coefficient (Wildman–Crippen LogP) is 2.48. The Hall–Kier alpha value is -2.64. The first kappa shape index (κ1) is 17.4. The highest BCUT2D eigenvalue weighted by Gasteiger charge is 2.18. The second-order valence-corrected chi connectivity index (χ2v) is 4.70. The molecule has 0 saturated heterocycles. The van der Waals surface area contributed by atoms with Crippen LogP contribution < -0.4 is 5.32 Å². The van der Waals surface area contributed by atoms with Crippen molar-refractivity contribution in [1.82, 2.24) is 4.90 Å². The van der Waals surface area contributed by atoms with E-state index < -0.39 is 4.92 Å². The highest BCUT2D eigenvalue weighted by molar-refractivity contribution is 5.68. The van der Waals surface area contributed by atoms with Gasteiger partial charge in [-0.05, 0) is 32.1 Å². The molecule has 0 heterocycles. The van der Waals surface area contributed by atoms with Crippen LogP contribution in [-0.4, -0.2) is 36.0 Å². The summed E-state index contributed by atoms with van der Waals surface area (Å²) < 4.78 is 0. The third-order valence-electron chi connectivity index (χ3n) is 3.43. The van der Waals surface area contributed by atoms with E-state index in [1.54, 1.807) is 6.07 Å². The Morgan fingerprint density at radius 3 is 2.32 bits per heavy atom. The molecule has 0 aliphatic rings. The molecule has 0 atom stereocenters. The Bertz CT molecular complexity index is 612. The van der Waals surface area contributed by atoms with E-state index in [1.807, 2.05) is 6.07 Å². The van der Waals surface area contributed by atoms with Gasteiger partial charge in [0, 0.05) is 12.6 Å². The second kappa shape index (κ2) is 8.60. The van der Waals surface area contributed by atoms with E-state index >= 15 is 0 Å². The first-order valence-corrected chi connectivity index (χ1v) is 7.16. The average molecular weight is 301 g/mol. The number of benzene rings is 1. The molecular formula is C15H19N5O2. The molecule has 0 saturated carbocycles. The van der Waals surface area contributed by atoms with Crippen molar-refractivity contribution in [2.24, 2.45) is 0 Å². The SMILES string of the molecule is CCN(CC)CCCNc1cc(C#N)c(C#N)cc1[N+](=O)[O-]. The lowest BCUT2D eigenvalue weighted by Crippen LogP contribution is -2.25. The molecule has 0 fully saturated rings. The number of nitrogens with one attached hydrogen (secondary N) is 1. The zero-order valence-electron chi connectivity index (χ0n) is 12.8. The lowest BCUT2D eigenvalue weighted by atomic mass is 10.1. The van der Waals surface area contributed by atoms with Crippen LogP contribution in [0.4, 0.5) is 11.4 Å². The number of anilines is 1. The van der Waals surface area contributed by atoms with Gasteiger partial charge in [-0.15, -0.1) is 0 Å². The summed E-state index contributed by atoms with van der Waals surface area (Å²) in [5, 5.41) is 32.0. The number of hydrogen-bond donors (Lipinski definition) is 1. The first-order valence-electron chi connectivity index (χ1n) is 7.16. The molecule has 7 heteroatoms. The summed E-state index contributed by atoms with van der Waals surface area (Å²) in [4.78, 5) is 12.8. The summed E-state index contributed by atoms with van der Waals surface area (Å²) in [6.07, 6.45) is 0.834. The van der Waals surface area contributed by atoms with Gasteiger partial charge in [0.25, 0.3) is 5.69 Å². The molecular weight excluding hydrogens is 282 g/mol. The van der Waals surface area contributed by atoms with E-state index in [2.05, 4.69) is 24.1 Å². The Balaban J connectivity index is 2.83. The minimum Gasteiger partial charge on any atom is -0.379 e. The van der Waals surface area contributed by atoms with E-state index in [4.69, 9.17) is 10.5 Å². The first-order chi connectivity index (χ1) is 10.6. The summed E-state index contributed by atoms with van der Waals surface area (Å²) in [6.45, 7) is 7.56. The topological polar surface area (TPSA) is 106 Å². The number of nitrogens with zero attached hydrogens (tertiary/aromatic N) is 4. The summed E-state index contributed by atoms with van der Waals surface area (Å²) >= 11 is 0. The van der Waals surface area contributed by atoms with Crippen molar-refractivity contribution in [2.45, 2.75) is 20.3 Å². The summed E-state index contributed by atoms with van der Waals surface area (Å²) in [5.74, 6) is 0. The van der Waals surface area contributed by atoms with Gasteiger partial charge in [-0.25, -0.2) is 0 Å². The molecule has 0 aromatic heterocycles. The molecule has 1 rings (SSSR count). The molecule has 7 nitrogen and oxygen atoms in total. The van der Waals surface area contributed by atoms with E-state index in [9.17, 15) is 10.1 Å². The molecule has 1 aromatic carbocycles. The minimum absolute atomic E-state index is 0.0166. The number of rotatable bonds is 8.